The number of hydrogen-bond donors (Lipinski definition) is 1. The van der Waals surface area contributed by atoms with E-state index in [1.165, 1.54) is 0 Å². The van der Waals surface area contributed by atoms with Gasteiger partial charge in [0.25, 0.3) is 0 Å². The molecule has 0 radical (unpaired) electrons. The number of nitrogens with two attached hydrogens (primary N) is 1. The Bertz CT molecular complexity index is 1240. The van der Waals surface area contributed by atoms with E-state index in [1.54, 1.807) is 14.0 Å². The molecule has 0 aromatic heterocycles. The third-order valence-electron chi connectivity index (χ3n) is 6.50. The minimum absolute atomic E-state index is 0.0315. The van der Waals surface area contributed by atoms with Crippen LogP contribution in [0.2, 0.25) is 0 Å². The molecule has 2 N–H and O–H groups in total. The third-order valence-corrected chi connectivity index (χ3v) is 6.50. The molecule has 190 valence electrons. The highest BCUT2D eigenvalue weighted by Gasteiger charge is 2.45. The molecule has 1 unspecified atom stereocenters. The van der Waals surface area contributed by atoms with Gasteiger partial charge in [0.15, 0.2) is 5.78 Å². The maximum absolute atomic E-state index is 13.4. The Hall–Kier alpha value is -3.74. The fraction of sp³-hybridized carbons (Fsp3) is 0.379. The van der Waals surface area contributed by atoms with Gasteiger partial charge in [-0.25, -0.2) is 4.79 Å². The molecule has 1 aliphatic carbocycles. The molecule has 36 heavy (non-hydrogen) atoms. The van der Waals surface area contributed by atoms with E-state index in [2.05, 4.69) is 0 Å². The zero-order valence-corrected chi connectivity index (χ0v) is 21.5. The van der Waals surface area contributed by atoms with Gasteiger partial charge in [0, 0.05) is 24.0 Å². The lowest BCUT2D eigenvalue weighted by molar-refractivity contribution is -0.139. The lowest BCUT2D eigenvalue weighted by atomic mass is 9.70. The number of ketones is 1. The smallest absolute Gasteiger partial charge is 0.340 e. The molecule has 2 aromatic carbocycles. The number of methoxy groups -OCH3 is 1. The highest BCUT2D eigenvalue weighted by Crippen LogP contribution is 2.48. The summed E-state index contributed by atoms with van der Waals surface area (Å²) in [6.07, 6.45) is 0.891. The van der Waals surface area contributed by atoms with Gasteiger partial charge in [0.05, 0.1) is 19.6 Å². The number of esters is 1. The number of hydrogen-bond acceptors (Lipinski definition) is 7. The number of ether oxygens (including phenoxy) is 4. The van der Waals surface area contributed by atoms with Gasteiger partial charge >= 0.3 is 5.97 Å². The zero-order valence-electron chi connectivity index (χ0n) is 21.5. The van der Waals surface area contributed by atoms with E-state index >= 15 is 0 Å². The average Bonchev–Trinajstić information content (AvgIpc) is 2.82. The number of allylic oxidation sites excluding steroid dienone is 2. The van der Waals surface area contributed by atoms with E-state index in [0.717, 1.165) is 16.9 Å². The zero-order chi connectivity index (χ0) is 26.0. The largest absolute Gasteiger partial charge is 0.496 e. The van der Waals surface area contributed by atoms with Crippen LogP contribution in [0.25, 0.3) is 0 Å². The second-order valence-corrected chi connectivity index (χ2v) is 9.98. The molecule has 0 fully saturated rings. The number of aryl methyl sites for hydroxylation is 1. The van der Waals surface area contributed by atoms with Gasteiger partial charge < -0.3 is 24.7 Å². The van der Waals surface area contributed by atoms with Crippen molar-refractivity contribution in [3.63, 3.8) is 0 Å². The van der Waals surface area contributed by atoms with Crippen LogP contribution in [-0.2, 0) is 25.7 Å². The van der Waals surface area contributed by atoms with Crippen molar-refractivity contribution in [2.24, 2.45) is 11.1 Å². The predicted molar refractivity (Wildman–Crippen MR) is 135 cm³/mol. The van der Waals surface area contributed by atoms with Crippen molar-refractivity contribution in [1.82, 2.24) is 0 Å². The maximum Gasteiger partial charge on any atom is 0.340 e. The molecular weight excluding hydrogens is 458 g/mol. The molecule has 7 nitrogen and oxygen atoms in total. The van der Waals surface area contributed by atoms with Crippen LogP contribution in [0.15, 0.2) is 65.3 Å². The predicted octanol–water partition coefficient (Wildman–Crippen LogP) is 5.07. The van der Waals surface area contributed by atoms with Crippen molar-refractivity contribution < 1.29 is 28.5 Å². The molecule has 1 heterocycles. The van der Waals surface area contributed by atoms with Crippen LogP contribution in [0.1, 0.15) is 56.2 Å². The Morgan fingerprint density at radius 1 is 1.14 bits per heavy atom. The number of carbonyl (C=O) groups excluding carboxylic acids is 2. The minimum Gasteiger partial charge on any atom is -0.496 e. The molecule has 1 aliphatic heterocycles. The van der Waals surface area contributed by atoms with Crippen LogP contribution in [-0.4, -0.2) is 25.5 Å². The standard InChI is InChI=1S/C29H33NO6/c1-6-34-28(32)26-24(25-21(31)14-29(3,4)15-23(25)36-27(26)30)18-9-12-22(33-5)19(13-18)16-35-20-10-7-17(2)8-11-20/h7-13,24H,6,14-16,30H2,1-5H3. The Balaban J connectivity index is 1.78. The lowest BCUT2D eigenvalue weighted by Gasteiger charge is -2.38. The van der Waals surface area contributed by atoms with Crippen molar-refractivity contribution in [3.05, 3.63) is 81.9 Å². The molecule has 2 aliphatic rings. The first-order chi connectivity index (χ1) is 17.1. The minimum atomic E-state index is -0.708. The topological polar surface area (TPSA) is 97.1 Å². The van der Waals surface area contributed by atoms with Crippen molar-refractivity contribution >= 4 is 11.8 Å². The van der Waals surface area contributed by atoms with Gasteiger partial charge in [-0.05, 0) is 49.1 Å². The second kappa shape index (κ2) is 10.1. The van der Waals surface area contributed by atoms with E-state index in [9.17, 15) is 9.59 Å². The normalized spacial score (nSPS) is 18.9. The molecule has 0 saturated heterocycles. The highest BCUT2D eigenvalue weighted by molar-refractivity contribution is 6.03. The summed E-state index contributed by atoms with van der Waals surface area (Å²) < 4.78 is 22.8. The molecule has 0 saturated carbocycles. The van der Waals surface area contributed by atoms with Gasteiger partial charge in [-0.15, -0.1) is 0 Å². The molecule has 4 rings (SSSR count). The number of benzene rings is 2. The van der Waals surface area contributed by atoms with Gasteiger partial charge in [-0.2, -0.15) is 0 Å². The van der Waals surface area contributed by atoms with Crippen LogP contribution >= 0.6 is 0 Å². The van der Waals surface area contributed by atoms with Gasteiger partial charge in [-0.1, -0.05) is 37.6 Å². The first kappa shape index (κ1) is 25.4. The van der Waals surface area contributed by atoms with Crippen LogP contribution in [0.5, 0.6) is 11.5 Å². The highest BCUT2D eigenvalue weighted by atomic mass is 16.5. The molecular formula is C29H33NO6. The first-order valence-corrected chi connectivity index (χ1v) is 12.1. The van der Waals surface area contributed by atoms with E-state index in [4.69, 9.17) is 24.7 Å². The summed E-state index contributed by atoms with van der Waals surface area (Å²) in [6, 6.07) is 13.3. The van der Waals surface area contributed by atoms with E-state index in [1.807, 2.05) is 63.2 Å². The SMILES string of the molecule is CCOC(=O)C1=C(N)OC2=C(C(=O)CC(C)(C)C2)C1c1ccc(OC)c(COc2ccc(C)cc2)c1. The van der Waals surface area contributed by atoms with Crippen molar-refractivity contribution in [1.29, 1.82) is 0 Å². The molecule has 0 amide bonds. The molecule has 2 aromatic rings. The molecule has 0 bridgehead atoms. The van der Waals surface area contributed by atoms with Gasteiger partial charge in [0.2, 0.25) is 5.88 Å². The van der Waals surface area contributed by atoms with Crippen LogP contribution < -0.4 is 15.2 Å². The number of rotatable bonds is 7. The number of Topliss-reactive ketones (excluding diaryl/α,β-unsaturated/α-hetero) is 1. The quantitative estimate of drug-likeness (QED) is 0.540. The number of carbonyl (C=O) groups is 2. The van der Waals surface area contributed by atoms with Crippen molar-refractivity contribution in [2.45, 2.75) is 53.1 Å². The van der Waals surface area contributed by atoms with E-state index < -0.39 is 11.9 Å². The Morgan fingerprint density at radius 2 is 1.86 bits per heavy atom. The molecule has 7 heteroatoms. The average molecular weight is 492 g/mol. The van der Waals surface area contributed by atoms with Gasteiger partial charge in [-0.3, -0.25) is 4.79 Å². The Morgan fingerprint density at radius 3 is 2.53 bits per heavy atom. The van der Waals surface area contributed by atoms with E-state index in [-0.39, 0.29) is 35.9 Å². The first-order valence-electron chi connectivity index (χ1n) is 12.1. The summed E-state index contributed by atoms with van der Waals surface area (Å²) in [6.45, 7) is 8.18. The maximum atomic E-state index is 13.4. The lowest BCUT2D eigenvalue weighted by Crippen LogP contribution is -2.35. The Labute approximate surface area is 211 Å². The van der Waals surface area contributed by atoms with Crippen LogP contribution in [0, 0.1) is 12.3 Å². The molecule has 0 spiro atoms. The van der Waals surface area contributed by atoms with Crippen molar-refractivity contribution in [2.75, 3.05) is 13.7 Å². The van der Waals surface area contributed by atoms with Crippen LogP contribution in [0.4, 0.5) is 0 Å². The van der Waals surface area contributed by atoms with E-state index in [0.29, 0.717) is 35.5 Å². The van der Waals surface area contributed by atoms with Gasteiger partial charge in [0.1, 0.15) is 29.4 Å². The second-order valence-electron chi connectivity index (χ2n) is 9.98. The molecule has 1 atom stereocenters. The summed E-state index contributed by atoms with van der Waals surface area (Å²) in [5.74, 6) is 0.478. The van der Waals surface area contributed by atoms with Crippen molar-refractivity contribution in [3.8, 4) is 11.5 Å². The summed E-state index contributed by atoms with van der Waals surface area (Å²) >= 11 is 0. The summed E-state index contributed by atoms with van der Waals surface area (Å²) in [7, 11) is 1.59. The Kier molecular flexibility index (Phi) is 7.11. The summed E-state index contributed by atoms with van der Waals surface area (Å²) in [4.78, 5) is 26.4. The fourth-order valence-corrected chi connectivity index (χ4v) is 4.81. The fourth-order valence-electron chi connectivity index (χ4n) is 4.81. The third kappa shape index (κ3) is 5.10. The summed E-state index contributed by atoms with van der Waals surface area (Å²) in [5, 5.41) is 0. The monoisotopic (exact) mass is 491 g/mol. The van der Waals surface area contributed by atoms with Crippen LogP contribution in [0.3, 0.4) is 0 Å². The summed E-state index contributed by atoms with van der Waals surface area (Å²) in [5.41, 5.74) is 9.24.